The number of benzene rings is 1. The number of imidazole rings is 1. The Morgan fingerprint density at radius 1 is 0.926 bits per heavy atom. The summed E-state index contributed by atoms with van der Waals surface area (Å²) in [5, 5.41) is 1.07. The first kappa shape index (κ1) is 15.6. The maximum absolute atomic E-state index is 5.14. The third-order valence-corrected chi connectivity index (χ3v) is 4.85. The first-order chi connectivity index (χ1) is 13.2. The molecule has 1 N–H and O–H groups in total. The zero-order valence-corrected chi connectivity index (χ0v) is 15.0. The number of methoxy groups -OCH3 is 1. The summed E-state index contributed by atoms with van der Waals surface area (Å²) in [5.41, 5.74) is 7.21. The van der Waals surface area contributed by atoms with Crippen LogP contribution in [0.15, 0.2) is 61.3 Å². The second kappa shape index (κ2) is 5.95. The number of aromatic amines is 1. The summed E-state index contributed by atoms with van der Waals surface area (Å²) in [7, 11) is 3.62. The number of aryl methyl sites for hydroxylation is 1. The number of hydrogen-bond acceptors (Lipinski definition) is 4. The maximum atomic E-state index is 5.14. The molecule has 5 aromatic rings. The van der Waals surface area contributed by atoms with Gasteiger partial charge in [-0.05, 0) is 29.8 Å². The predicted molar refractivity (Wildman–Crippen MR) is 106 cm³/mol. The normalized spacial score (nSPS) is 11.3. The summed E-state index contributed by atoms with van der Waals surface area (Å²) >= 11 is 0. The van der Waals surface area contributed by atoms with Crippen LogP contribution in [0.2, 0.25) is 0 Å². The van der Waals surface area contributed by atoms with Gasteiger partial charge in [-0.15, -0.1) is 0 Å². The van der Waals surface area contributed by atoms with Crippen molar-refractivity contribution in [1.29, 1.82) is 0 Å². The van der Waals surface area contributed by atoms with Gasteiger partial charge in [0.2, 0.25) is 5.88 Å². The van der Waals surface area contributed by atoms with E-state index in [-0.39, 0.29) is 0 Å². The van der Waals surface area contributed by atoms with Gasteiger partial charge in [-0.3, -0.25) is 0 Å². The molecule has 5 rings (SSSR count). The fourth-order valence-corrected chi connectivity index (χ4v) is 3.37. The summed E-state index contributed by atoms with van der Waals surface area (Å²) < 4.78 is 7.17. The van der Waals surface area contributed by atoms with E-state index in [4.69, 9.17) is 4.74 Å². The third kappa shape index (κ3) is 2.54. The molecule has 0 saturated carbocycles. The molecule has 4 heterocycles. The molecule has 0 fully saturated rings. The molecule has 0 aliphatic heterocycles. The quantitative estimate of drug-likeness (QED) is 0.527. The van der Waals surface area contributed by atoms with Gasteiger partial charge in [0.25, 0.3) is 0 Å². The summed E-state index contributed by atoms with van der Waals surface area (Å²) in [5.74, 6) is 0.597. The van der Waals surface area contributed by atoms with Crippen LogP contribution < -0.4 is 4.74 Å². The number of fused-ring (bicyclic) bond motifs is 2. The van der Waals surface area contributed by atoms with Crippen LogP contribution in [0.4, 0.5) is 0 Å². The van der Waals surface area contributed by atoms with Crippen molar-refractivity contribution >= 4 is 22.1 Å². The molecule has 1 aromatic carbocycles. The predicted octanol–water partition coefficient (Wildman–Crippen LogP) is 4.19. The third-order valence-electron chi connectivity index (χ3n) is 4.85. The zero-order valence-electron chi connectivity index (χ0n) is 15.0. The number of rotatable bonds is 3. The first-order valence-corrected chi connectivity index (χ1v) is 8.62. The molecule has 4 aromatic heterocycles. The van der Waals surface area contributed by atoms with Crippen LogP contribution in [0.25, 0.3) is 44.3 Å². The van der Waals surface area contributed by atoms with E-state index in [9.17, 15) is 0 Å². The van der Waals surface area contributed by atoms with Crippen LogP contribution in [0.5, 0.6) is 5.88 Å². The fourth-order valence-electron chi connectivity index (χ4n) is 3.37. The Labute approximate surface area is 155 Å². The van der Waals surface area contributed by atoms with E-state index in [0.29, 0.717) is 5.88 Å². The van der Waals surface area contributed by atoms with Gasteiger partial charge in [-0.1, -0.05) is 6.07 Å². The average Bonchev–Trinajstić information content (AvgIpc) is 3.31. The number of pyridine rings is 2. The van der Waals surface area contributed by atoms with Crippen molar-refractivity contribution in [1.82, 2.24) is 24.5 Å². The number of ether oxygens (including phenoxy) is 1. The van der Waals surface area contributed by atoms with Gasteiger partial charge in [0.05, 0.1) is 24.5 Å². The summed E-state index contributed by atoms with van der Waals surface area (Å²) in [6.07, 6.45) is 7.50. The van der Waals surface area contributed by atoms with Crippen LogP contribution in [0, 0.1) is 0 Å². The molecule has 0 saturated heterocycles. The lowest BCUT2D eigenvalue weighted by atomic mass is 10.0. The second-order valence-electron chi connectivity index (χ2n) is 6.47. The van der Waals surface area contributed by atoms with Gasteiger partial charge >= 0.3 is 0 Å². The van der Waals surface area contributed by atoms with Crippen molar-refractivity contribution in [3.8, 4) is 28.1 Å². The molecule has 0 spiro atoms. The van der Waals surface area contributed by atoms with E-state index < -0.39 is 0 Å². The van der Waals surface area contributed by atoms with Gasteiger partial charge in [0, 0.05) is 53.8 Å². The minimum absolute atomic E-state index is 0.597. The highest BCUT2D eigenvalue weighted by Gasteiger charge is 2.11. The molecule has 0 aliphatic carbocycles. The smallest absolute Gasteiger partial charge is 0.212 e. The number of hydrogen-bond donors (Lipinski definition) is 1. The van der Waals surface area contributed by atoms with Crippen molar-refractivity contribution in [3.63, 3.8) is 0 Å². The summed E-state index contributed by atoms with van der Waals surface area (Å²) in [6, 6.07) is 12.3. The number of aromatic nitrogens is 5. The lowest BCUT2D eigenvalue weighted by Gasteiger charge is -2.05. The fraction of sp³-hybridized carbons (Fsp3) is 0.0952. The molecule has 0 unspecified atom stereocenters. The van der Waals surface area contributed by atoms with Gasteiger partial charge < -0.3 is 14.3 Å². The average molecular weight is 355 g/mol. The standard InChI is InChI=1S/C21H17N5O/c1-26-12-25-18-5-3-13(8-19(18)26)17-11-24-21-16(17)7-15(10-23-21)14-4-6-20(27-2)22-9-14/h3-12H,1-2H3,(H,23,24). The molecule has 0 radical (unpaired) electrons. The Bertz CT molecular complexity index is 1270. The molecule has 0 bridgehead atoms. The Balaban J connectivity index is 1.64. The Kier molecular flexibility index (Phi) is 3.43. The van der Waals surface area contributed by atoms with Crippen molar-refractivity contribution in [2.24, 2.45) is 7.05 Å². The molecule has 0 atom stereocenters. The maximum Gasteiger partial charge on any atom is 0.212 e. The molecule has 6 heteroatoms. The largest absolute Gasteiger partial charge is 0.481 e. The molecule has 6 nitrogen and oxygen atoms in total. The van der Waals surface area contributed by atoms with E-state index in [1.165, 1.54) is 0 Å². The Morgan fingerprint density at radius 2 is 1.78 bits per heavy atom. The van der Waals surface area contributed by atoms with Crippen LogP contribution in [0.1, 0.15) is 0 Å². The zero-order chi connectivity index (χ0) is 18.4. The lowest BCUT2D eigenvalue weighted by Crippen LogP contribution is -1.88. The highest BCUT2D eigenvalue weighted by molar-refractivity contribution is 5.97. The second-order valence-corrected chi connectivity index (χ2v) is 6.47. The van der Waals surface area contributed by atoms with Gasteiger partial charge in [0.15, 0.2) is 0 Å². The molecule has 0 aliphatic rings. The first-order valence-electron chi connectivity index (χ1n) is 8.62. The van der Waals surface area contributed by atoms with Gasteiger partial charge in [-0.2, -0.15) is 0 Å². The highest BCUT2D eigenvalue weighted by Crippen LogP contribution is 2.32. The molecule has 132 valence electrons. The highest BCUT2D eigenvalue weighted by atomic mass is 16.5. The Morgan fingerprint density at radius 3 is 2.59 bits per heavy atom. The van der Waals surface area contributed by atoms with E-state index in [1.54, 1.807) is 13.3 Å². The van der Waals surface area contributed by atoms with Crippen molar-refractivity contribution < 1.29 is 4.74 Å². The number of nitrogens with one attached hydrogen (secondary N) is 1. The van der Waals surface area contributed by atoms with E-state index in [1.807, 2.05) is 48.5 Å². The van der Waals surface area contributed by atoms with E-state index in [2.05, 4.69) is 38.1 Å². The molecule has 27 heavy (non-hydrogen) atoms. The molecule has 0 amide bonds. The van der Waals surface area contributed by atoms with Crippen LogP contribution in [-0.2, 0) is 7.05 Å². The summed E-state index contributed by atoms with van der Waals surface area (Å²) in [4.78, 5) is 16.5. The van der Waals surface area contributed by atoms with Crippen molar-refractivity contribution in [3.05, 3.63) is 61.3 Å². The minimum atomic E-state index is 0.597. The van der Waals surface area contributed by atoms with E-state index >= 15 is 0 Å². The van der Waals surface area contributed by atoms with Crippen LogP contribution >= 0.6 is 0 Å². The Hall–Kier alpha value is -3.67. The van der Waals surface area contributed by atoms with E-state index in [0.717, 1.165) is 44.3 Å². The molecular weight excluding hydrogens is 338 g/mol. The van der Waals surface area contributed by atoms with Gasteiger partial charge in [-0.25, -0.2) is 15.0 Å². The molecular formula is C21H17N5O. The topological polar surface area (TPSA) is 68.6 Å². The minimum Gasteiger partial charge on any atom is -0.481 e. The van der Waals surface area contributed by atoms with Gasteiger partial charge in [0.1, 0.15) is 5.65 Å². The lowest BCUT2D eigenvalue weighted by molar-refractivity contribution is 0.398. The number of H-pyrrole nitrogens is 1. The number of nitrogens with zero attached hydrogens (tertiary/aromatic N) is 4. The van der Waals surface area contributed by atoms with Crippen LogP contribution in [0.3, 0.4) is 0 Å². The summed E-state index contributed by atoms with van der Waals surface area (Å²) in [6.45, 7) is 0. The monoisotopic (exact) mass is 355 g/mol. The van der Waals surface area contributed by atoms with Crippen LogP contribution in [-0.4, -0.2) is 31.6 Å². The van der Waals surface area contributed by atoms with Crippen molar-refractivity contribution in [2.45, 2.75) is 0 Å². The SMILES string of the molecule is COc1ccc(-c2cnc3[nH]cc(-c4ccc5ncn(C)c5c4)c3c2)cn1. The van der Waals surface area contributed by atoms with Crippen molar-refractivity contribution in [2.75, 3.05) is 7.11 Å².